The Balaban J connectivity index is 0.00000180. The van der Waals surface area contributed by atoms with Crippen molar-refractivity contribution in [1.82, 2.24) is 14.5 Å². The molecule has 0 N–H and O–H groups in total. The summed E-state index contributed by atoms with van der Waals surface area (Å²) >= 11 is 3.29. The van der Waals surface area contributed by atoms with Crippen molar-refractivity contribution in [2.45, 2.75) is 20.1 Å². The van der Waals surface area contributed by atoms with Crippen molar-refractivity contribution in [2.75, 3.05) is 0 Å². The predicted molar refractivity (Wildman–Crippen MR) is 79.1 cm³/mol. The summed E-state index contributed by atoms with van der Waals surface area (Å²) < 4.78 is 7.69. The molecule has 102 valence electrons. The summed E-state index contributed by atoms with van der Waals surface area (Å²) in [5, 5.41) is 0. The van der Waals surface area contributed by atoms with Crippen LogP contribution in [0.1, 0.15) is 18.2 Å². The van der Waals surface area contributed by atoms with Crippen LogP contribution in [0.4, 0.5) is 0 Å². The molecular formula is C12H13Br2N3O2. The zero-order chi connectivity index (χ0) is 13.0. The third-order valence-electron chi connectivity index (χ3n) is 2.36. The van der Waals surface area contributed by atoms with E-state index < -0.39 is 0 Å². The van der Waals surface area contributed by atoms with Crippen molar-refractivity contribution < 1.29 is 9.53 Å². The second-order valence-corrected chi connectivity index (χ2v) is 4.59. The van der Waals surface area contributed by atoms with Crippen LogP contribution in [0.3, 0.4) is 0 Å². The minimum atomic E-state index is -0.298. The van der Waals surface area contributed by atoms with Gasteiger partial charge in [0.1, 0.15) is 11.2 Å². The number of nitrogens with zero attached hydrogens (tertiary/aromatic N) is 3. The SMILES string of the molecule is Br.CC(=O)OCc1cncn1Cc1ccc(Br)nc1. The first-order valence-electron chi connectivity index (χ1n) is 5.38. The largest absolute Gasteiger partial charge is 0.459 e. The molecule has 0 fully saturated rings. The average molecular weight is 391 g/mol. The first kappa shape index (κ1) is 15.8. The van der Waals surface area contributed by atoms with Gasteiger partial charge >= 0.3 is 5.97 Å². The van der Waals surface area contributed by atoms with E-state index in [1.54, 1.807) is 18.7 Å². The van der Waals surface area contributed by atoms with Gasteiger partial charge in [0.25, 0.3) is 0 Å². The van der Waals surface area contributed by atoms with Crippen LogP contribution in [-0.4, -0.2) is 20.5 Å². The van der Waals surface area contributed by atoms with E-state index in [0.29, 0.717) is 6.54 Å². The van der Waals surface area contributed by atoms with Crippen molar-refractivity contribution in [1.29, 1.82) is 0 Å². The van der Waals surface area contributed by atoms with Crippen molar-refractivity contribution >= 4 is 38.9 Å². The van der Waals surface area contributed by atoms with Gasteiger partial charge in [-0.3, -0.25) is 4.79 Å². The molecule has 2 rings (SSSR count). The third-order valence-corrected chi connectivity index (χ3v) is 2.83. The Hall–Kier alpha value is -1.21. The lowest BCUT2D eigenvalue weighted by molar-refractivity contribution is -0.142. The maximum Gasteiger partial charge on any atom is 0.303 e. The number of rotatable bonds is 4. The zero-order valence-electron chi connectivity index (χ0n) is 10.2. The summed E-state index contributed by atoms with van der Waals surface area (Å²) in [7, 11) is 0. The van der Waals surface area contributed by atoms with Crippen molar-refractivity contribution in [3.8, 4) is 0 Å². The van der Waals surface area contributed by atoms with Gasteiger partial charge in [-0.2, -0.15) is 0 Å². The second kappa shape index (κ2) is 7.40. The molecule has 0 aliphatic heterocycles. The van der Waals surface area contributed by atoms with Gasteiger partial charge < -0.3 is 9.30 Å². The standard InChI is InChI=1S/C12H12BrN3O2.BrH/c1-9(17)18-7-11-5-14-8-16(11)6-10-2-3-12(13)15-4-10;/h2-5,8H,6-7H2,1H3;1H. The van der Waals surface area contributed by atoms with E-state index in [1.807, 2.05) is 16.7 Å². The maximum absolute atomic E-state index is 10.8. The van der Waals surface area contributed by atoms with Gasteiger partial charge in [0.05, 0.1) is 24.8 Å². The molecule has 2 aromatic rings. The number of carbonyl (C=O) groups is 1. The molecule has 5 nitrogen and oxygen atoms in total. The highest BCUT2D eigenvalue weighted by Gasteiger charge is 2.05. The van der Waals surface area contributed by atoms with Gasteiger partial charge in [-0.15, -0.1) is 17.0 Å². The van der Waals surface area contributed by atoms with Gasteiger partial charge in [-0.25, -0.2) is 9.97 Å². The summed E-state index contributed by atoms with van der Waals surface area (Å²) in [6.45, 7) is 2.27. The van der Waals surface area contributed by atoms with Crippen LogP contribution in [0, 0.1) is 0 Å². The molecular weight excluding hydrogens is 378 g/mol. The number of esters is 1. The topological polar surface area (TPSA) is 57.0 Å². The molecule has 0 atom stereocenters. The van der Waals surface area contributed by atoms with Crippen molar-refractivity contribution in [3.63, 3.8) is 0 Å². The molecule has 7 heteroatoms. The molecule has 2 heterocycles. The van der Waals surface area contributed by atoms with Gasteiger partial charge in [0.15, 0.2) is 0 Å². The Labute approximate surface area is 129 Å². The molecule has 0 aromatic carbocycles. The van der Waals surface area contributed by atoms with Crippen LogP contribution in [0.15, 0.2) is 35.5 Å². The predicted octanol–water partition coefficient (Wildman–Crippen LogP) is 2.73. The van der Waals surface area contributed by atoms with Gasteiger partial charge in [0.2, 0.25) is 0 Å². The molecule has 0 spiro atoms. The van der Waals surface area contributed by atoms with Gasteiger partial charge in [0, 0.05) is 13.1 Å². The van der Waals surface area contributed by atoms with E-state index in [0.717, 1.165) is 15.9 Å². The van der Waals surface area contributed by atoms with Crippen LogP contribution in [0.5, 0.6) is 0 Å². The number of carbonyl (C=O) groups excluding carboxylic acids is 1. The smallest absolute Gasteiger partial charge is 0.303 e. The van der Waals surface area contributed by atoms with Crippen molar-refractivity contribution in [2.24, 2.45) is 0 Å². The van der Waals surface area contributed by atoms with E-state index in [1.165, 1.54) is 6.92 Å². The second-order valence-electron chi connectivity index (χ2n) is 3.78. The fourth-order valence-electron chi connectivity index (χ4n) is 1.48. The molecule has 0 aliphatic rings. The van der Waals surface area contributed by atoms with Crippen molar-refractivity contribution in [3.05, 3.63) is 46.7 Å². The Morgan fingerprint density at radius 2 is 2.21 bits per heavy atom. The third kappa shape index (κ3) is 4.76. The van der Waals surface area contributed by atoms with Crippen LogP contribution in [0.2, 0.25) is 0 Å². The lowest BCUT2D eigenvalue weighted by atomic mass is 10.3. The molecule has 0 unspecified atom stereocenters. The molecule has 0 aliphatic carbocycles. The highest BCUT2D eigenvalue weighted by atomic mass is 79.9. The summed E-state index contributed by atoms with van der Waals surface area (Å²) in [4.78, 5) is 19.0. The number of hydrogen-bond donors (Lipinski definition) is 0. The minimum absolute atomic E-state index is 0. The summed E-state index contributed by atoms with van der Waals surface area (Å²) in [5.41, 5.74) is 1.91. The Kier molecular flexibility index (Phi) is 6.17. The van der Waals surface area contributed by atoms with Crippen LogP contribution >= 0.6 is 32.9 Å². The Morgan fingerprint density at radius 1 is 1.42 bits per heavy atom. The lowest BCUT2D eigenvalue weighted by Crippen LogP contribution is -2.07. The van der Waals surface area contributed by atoms with E-state index in [9.17, 15) is 4.79 Å². The number of halogens is 2. The number of imidazole rings is 1. The zero-order valence-corrected chi connectivity index (χ0v) is 13.5. The van der Waals surface area contributed by atoms with E-state index in [2.05, 4.69) is 25.9 Å². The lowest BCUT2D eigenvalue weighted by Gasteiger charge is -2.08. The molecule has 2 aromatic heterocycles. The number of hydrogen-bond acceptors (Lipinski definition) is 4. The monoisotopic (exact) mass is 389 g/mol. The van der Waals surface area contributed by atoms with E-state index in [4.69, 9.17) is 4.74 Å². The number of pyridine rings is 1. The molecule has 0 radical (unpaired) electrons. The van der Waals surface area contributed by atoms with Crippen LogP contribution in [-0.2, 0) is 22.7 Å². The first-order chi connectivity index (χ1) is 8.65. The Morgan fingerprint density at radius 3 is 2.84 bits per heavy atom. The quantitative estimate of drug-likeness (QED) is 0.594. The Bertz CT molecular complexity index is 540. The van der Waals surface area contributed by atoms with Crippen LogP contribution in [0.25, 0.3) is 0 Å². The molecule has 0 bridgehead atoms. The van der Waals surface area contributed by atoms with Crippen LogP contribution < -0.4 is 0 Å². The average Bonchev–Trinajstić information content (AvgIpc) is 2.77. The highest BCUT2D eigenvalue weighted by molar-refractivity contribution is 9.10. The number of aromatic nitrogens is 3. The summed E-state index contributed by atoms with van der Waals surface area (Å²) in [6, 6.07) is 3.87. The maximum atomic E-state index is 10.8. The molecule has 0 amide bonds. The van der Waals surface area contributed by atoms with Gasteiger partial charge in [-0.05, 0) is 27.6 Å². The highest BCUT2D eigenvalue weighted by Crippen LogP contribution is 2.10. The molecule has 19 heavy (non-hydrogen) atoms. The number of ether oxygens (including phenoxy) is 1. The fourth-order valence-corrected chi connectivity index (χ4v) is 1.72. The minimum Gasteiger partial charge on any atom is -0.459 e. The van der Waals surface area contributed by atoms with E-state index in [-0.39, 0.29) is 29.6 Å². The summed E-state index contributed by atoms with van der Waals surface area (Å²) in [5.74, 6) is -0.298. The first-order valence-corrected chi connectivity index (χ1v) is 6.17. The normalized spacial score (nSPS) is 9.79. The van der Waals surface area contributed by atoms with Gasteiger partial charge in [-0.1, -0.05) is 6.07 Å². The summed E-state index contributed by atoms with van der Waals surface area (Å²) in [6.07, 6.45) is 5.19. The molecule has 0 saturated heterocycles. The molecule has 0 saturated carbocycles. The van der Waals surface area contributed by atoms with E-state index >= 15 is 0 Å². The fraction of sp³-hybridized carbons (Fsp3) is 0.250.